The van der Waals surface area contributed by atoms with Gasteiger partial charge in [-0.15, -0.1) is 0 Å². The maximum atomic E-state index is 13.6. The van der Waals surface area contributed by atoms with Crippen LogP contribution in [0.1, 0.15) is 13.3 Å². The first-order valence-electron chi connectivity index (χ1n) is 9.95. The molecule has 0 bridgehead atoms. The highest BCUT2D eigenvalue weighted by Gasteiger charge is 2.22. The molecular formula is C24H22FN3OS2. The van der Waals surface area contributed by atoms with Crippen LogP contribution in [0.4, 0.5) is 4.39 Å². The Kier molecular flexibility index (Phi) is 6.75. The lowest BCUT2D eigenvalue weighted by molar-refractivity contribution is 0.598. The van der Waals surface area contributed by atoms with Crippen LogP contribution in [0.3, 0.4) is 0 Å². The van der Waals surface area contributed by atoms with Crippen molar-refractivity contribution in [1.29, 1.82) is 0 Å². The van der Waals surface area contributed by atoms with Crippen molar-refractivity contribution in [3.8, 4) is 22.5 Å². The molecule has 2 aromatic heterocycles. The summed E-state index contributed by atoms with van der Waals surface area (Å²) < 4.78 is 28.0. The van der Waals surface area contributed by atoms with Crippen molar-refractivity contribution in [1.82, 2.24) is 14.5 Å². The van der Waals surface area contributed by atoms with Gasteiger partial charge in [-0.1, -0.05) is 19.1 Å². The molecule has 31 heavy (non-hydrogen) atoms. The Bertz CT molecular complexity index is 1160. The average Bonchev–Trinajstić information content (AvgIpc) is 3.13. The smallest absolute Gasteiger partial charge is 0.174 e. The molecule has 0 spiro atoms. The molecular weight excluding hydrogens is 429 g/mol. The normalized spacial score (nSPS) is 12.1. The minimum atomic E-state index is -1.11. The van der Waals surface area contributed by atoms with E-state index in [-0.39, 0.29) is 5.82 Å². The van der Waals surface area contributed by atoms with Gasteiger partial charge in [0.15, 0.2) is 10.1 Å². The van der Waals surface area contributed by atoms with Crippen LogP contribution in [0.2, 0.25) is 0 Å². The number of benzene rings is 2. The molecule has 0 N–H and O–H groups in total. The van der Waals surface area contributed by atoms with Crippen molar-refractivity contribution in [3.05, 3.63) is 78.9 Å². The number of hydrogen-bond acceptors (Lipinski definition) is 4. The SMILES string of the molecule is CCCn1c(Sc2ccccc2[S+](C)[O-])nc(-c2ccc(F)cc2)c1-c1ccncc1. The van der Waals surface area contributed by atoms with Gasteiger partial charge < -0.3 is 9.12 Å². The number of rotatable bonds is 7. The highest BCUT2D eigenvalue weighted by molar-refractivity contribution is 8.00. The highest BCUT2D eigenvalue weighted by Crippen LogP contribution is 2.39. The minimum absolute atomic E-state index is 0.281. The second-order valence-corrected chi connectivity index (χ2v) is 9.35. The molecule has 0 aliphatic heterocycles. The third kappa shape index (κ3) is 4.69. The van der Waals surface area contributed by atoms with Gasteiger partial charge in [-0.05, 0) is 77.9 Å². The summed E-state index contributed by atoms with van der Waals surface area (Å²) >= 11 is 0.400. The summed E-state index contributed by atoms with van der Waals surface area (Å²) in [5.74, 6) is -0.281. The summed E-state index contributed by atoms with van der Waals surface area (Å²) in [5, 5.41) is 0.811. The predicted molar refractivity (Wildman–Crippen MR) is 124 cm³/mol. The van der Waals surface area contributed by atoms with Gasteiger partial charge in [-0.2, -0.15) is 0 Å². The Morgan fingerprint density at radius 2 is 1.71 bits per heavy atom. The molecule has 1 atom stereocenters. The zero-order valence-corrected chi connectivity index (χ0v) is 18.9. The van der Waals surface area contributed by atoms with Gasteiger partial charge in [-0.25, -0.2) is 9.37 Å². The minimum Gasteiger partial charge on any atom is -0.612 e. The van der Waals surface area contributed by atoms with Crippen LogP contribution in [0.15, 0.2) is 88.0 Å². The lowest BCUT2D eigenvalue weighted by Crippen LogP contribution is -2.03. The van der Waals surface area contributed by atoms with E-state index < -0.39 is 11.2 Å². The molecule has 7 heteroatoms. The van der Waals surface area contributed by atoms with Gasteiger partial charge in [0.1, 0.15) is 12.1 Å². The lowest BCUT2D eigenvalue weighted by Gasteiger charge is -2.13. The van der Waals surface area contributed by atoms with E-state index in [1.807, 2.05) is 36.4 Å². The fourth-order valence-electron chi connectivity index (χ4n) is 3.42. The number of nitrogens with zero attached hydrogens (tertiary/aromatic N) is 3. The van der Waals surface area contributed by atoms with Gasteiger partial charge in [0.2, 0.25) is 0 Å². The Labute approximate surface area is 188 Å². The van der Waals surface area contributed by atoms with E-state index in [1.54, 1.807) is 30.8 Å². The van der Waals surface area contributed by atoms with Gasteiger partial charge in [0.25, 0.3) is 0 Å². The molecule has 0 fully saturated rings. The van der Waals surface area contributed by atoms with E-state index in [0.717, 1.165) is 50.4 Å². The Morgan fingerprint density at radius 1 is 1.00 bits per heavy atom. The summed E-state index contributed by atoms with van der Waals surface area (Å²) in [6.07, 6.45) is 6.13. The van der Waals surface area contributed by atoms with Crippen LogP contribution >= 0.6 is 11.8 Å². The molecule has 1 unspecified atom stereocenters. The highest BCUT2D eigenvalue weighted by atomic mass is 32.2. The van der Waals surface area contributed by atoms with Crippen LogP contribution in [-0.4, -0.2) is 25.3 Å². The summed E-state index contributed by atoms with van der Waals surface area (Å²) in [7, 11) is 0. The first-order chi connectivity index (χ1) is 15.1. The predicted octanol–water partition coefficient (Wildman–Crippen LogP) is 6.05. The molecule has 4 nitrogen and oxygen atoms in total. The molecule has 0 radical (unpaired) electrons. The van der Waals surface area contributed by atoms with E-state index in [0.29, 0.717) is 0 Å². The number of hydrogen-bond donors (Lipinski definition) is 0. The van der Waals surface area contributed by atoms with Gasteiger partial charge in [-0.3, -0.25) is 4.98 Å². The fraction of sp³-hybridized carbons (Fsp3) is 0.167. The van der Waals surface area contributed by atoms with Gasteiger partial charge >= 0.3 is 0 Å². The van der Waals surface area contributed by atoms with Gasteiger partial charge in [0, 0.05) is 30.1 Å². The van der Waals surface area contributed by atoms with Crippen LogP contribution in [-0.2, 0) is 17.7 Å². The van der Waals surface area contributed by atoms with Crippen LogP contribution in [0, 0.1) is 5.82 Å². The molecule has 0 aliphatic rings. The summed E-state index contributed by atoms with van der Waals surface area (Å²) in [6.45, 7) is 2.89. The second kappa shape index (κ2) is 9.68. The maximum absolute atomic E-state index is 13.6. The average molecular weight is 452 g/mol. The molecule has 4 rings (SSSR count). The quantitative estimate of drug-likeness (QED) is 0.321. The Morgan fingerprint density at radius 3 is 2.39 bits per heavy atom. The maximum Gasteiger partial charge on any atom is 0.174 e. The zero-order valence-electron chi connectivity index (χ0n) is 17.3. The van der Waals surface area contributed by atoms with E-state index in [4.69, 9.17) is 4.98 Å². The molecule has 2 aromatic carbocycles. The van der Waals surface area contributed by atoms with Crippen molar-refractivity contribution in [2.75, 3.05) is 6.26 Å². The molecule has 4 aromatic rings. The fourth-order valence-corrected chi connectivity index (χ4v) is 5.46. The Hall–Kier alpha value is -2.61. The molecule has 0 saturated carbocycles. The molecule has 158 valence electrons. The summed E-state index contributed by atoms with van der Waals surface area (Å²) in [5.41, 5.74) is 3.59. The number of halogens is 1. The first kappa shape index (κ1) is 21.6. The van der Waals surface area contributed by atoms with Crippen molar-refractivity contribution < 1.29 is 8.94 Å². The van der Waals surface area contributed by atoms with Crippen molar-refractivity contribution in [2.24, 2.45) is 0 Å². The van der Waals surface area contributed by atoms with E-state index in [2.05, 4.69) is 16.5 Å². The zero-order chi connectivity index (χ0) is 21.8. The van der Waals surface area contributed by atoms with Crippen molar-refractivity contribution >= 4 is 22.9 Å². The number of pyridine rings is 1. The third-order valence-corrected chi connectivity index (χ3v) is 6.99. The standard InChI is InChI=1S/C24H22FN3OS2/c1-3-16-28-23(18-12-14-26-15-13-18)22(17-8-10-19(25)11-9-17)27-24(28)30-20-6-4-5-7-21(20)31(2)29/h4-15H,3,16H2,1-2H3. The molecule has 2 heterocycles. The largest absolute Gasteiger partial charge is 0.612 e. The lowest BCUT2D eigenvalue weighted by atomic mass is 10.1. The van der Waals surface area contributed by atoms with E-state index in [9.17, 15) is 8.94 Å². The first-order valence-corrected chi connectivity index (χ1v) is 12.3. The van der Waals surface area contributed by atoms with Crippen molar-refractivity contribution in [2.45, 2.75) is 34.8 Å². The summed E-state index contributed by atoms with van der Waals surface area (Å²) in [4.78, 5) is 10.8. The Balaban J connectivity index is 1.91. The molecule has 0 saturated heterocycles. The monoisotopic (exact) mass is 451 g/mol. The number of aromatic nitrogens is 3. The molecule has 0 aliphatic carbocycles. The van der Waals surface area contributed by atoms with Crippen LogP contribution in [0.25, 0.3) is 22.5 Å². The van der Waals surface area contributed by atoms with Crippen LogP contribution < -0.4 is 0 Å². The van der Waals surface area contributed by atoms with E-state index in [1.165, 1.54) is 23.9 Å². The summed E-state index contributed by atoms with van der Waals surface area (Å²) in [6, 6.07) is 18.0. The topological polar surface area (TPSA) is 53.8 Å². The molecule has 0 amide bonds. The van der Waals surface area contributed by atoms with Crippen LogP contribution in [0.5, 0.6) is 0 Å². The second-order valence-electron chi connectivity index (χ2n) is 6.99. The number of imidazole rings is 1. The van der Waals surface area contributed by atoms with Gasteiger partial charge in [0.05, 0.1) is 16.3 Å². The van der Waals surface area contributed by atoms with Crippen molar-refractivity contribution in [3.63, 3.8) is 0 Å². The van der Waals surface area contributed by atoms with E-state index >= 15 is 0 Å². The third-order valence-electron chi connectivity index (χ3n) is 4.81.